The van der Waals surface area contributed by atoms with E-state index in [1.807, 2.05) is 43.3 Å². The van der Waals surface area contributed by atoms with Gasteiger partial charge in [-0.25, -0.2) is 4.98 Å². The summed E-state index contributed by atoms with van der Waals surface area (Å²) in [6, 6.07) is 21.9. The molecule has 0 aliphatic heterocycles. The molecule has 0 aliphatic rings. The molecule has 0 fully saturated rings. The molecule has 0 spiro atoms. The molecule has 1 atom stereocenters. The van der Waals surface area contributed by atoms with Gasteiger partial charge in [0.1, 0.15) is 23.9 Å². The van der Waals surface area contributed by atoms with Crippen LogP contribution in [0.25, 0.3) is 11.0 Å². The SMILES string of the molecule is COc1cccc(C(=O)NC(C)c2nc3ccccc3n2CCOc2ccc(Cl)cc2)c1. The highest BCUT2D eigenvalue weighted by Gasteiger charge is 2.19. The molecule has 0 radical (unpaired) electrons. The van der Waals surface area contributed by atoms with E-state index in [1.54, 1.807) is 43.5 Å². The fraction of sp³-hybridized carbons (Fsp3) is 0.200. The van der Waals surface area contributed by atoms with E-state index in [1.165, 1.54) is 0 Å². The number of amides is 1. The van der Waals surface area contributed by atoms with Crippen LogP contribution in [0.1, 0.15) is 29.1 Å². The maximum Gasteiger partial charge on any atom is 0.251 e. The first-order valence-corrected chi connectivity index (χ1v) is 10.7. The van der Waals surface area contributed by atoms with Crippen LogP contribution in [0.15, 0.2) is 72.8 Å². The monoisotopic (exact) mass is 449 g/mol. The maximum absolute atomic E-state index is 12.8. The standard InChI is InChI=1S/C25H24ClN3O3/c1-17(27-25(30)18-6-5-7-21(16-18)31-2)24-28-22-8-3-4-9-23(22)29(24)14-15-32-20-12-10-19(26)11-13-20/h3-13,16-17H,14-15H2,1-2H3,(H,27,30). The Balaban J connectivity index is 1.53. The molecule has 0 bridgehead atoms. The van der Waals surface area contributed by atoms with Crippen LogP contribution >= 0.6 is 11.6 Å². The van der Waals surface area contributed by atoms with Crippen molar-refractivity contribution in [1.29, 1.82) is 0 Å². The summed E-state index contributed by atoms with van der Waals surface area (Å²) in [6.45, 7) is 2.96. The third kappa shape index (κ3) is 4.86. The topological polar surface area (TPSA) is 65.4 Å². The number of rotatable bonds is 8. The van der Waals surface area contributed by atoms with Gasteiger partial charge in [0.15, 0.2) is 0 Å². The number of para-hydroxylation sites is 2. The highest BCUT2D eigenvalue weighted by Crippen LogP contribution is 2.22. The molecule has 0 saturated carbocycles. The lowest BCUT2D eigenvalue weighted by Crippen LogP contribution is -2.29. The molecular weight excluding hydrogens is 426 g/mol. The van der Waals surface area contributed by atoms with Crippen molar-refractivity contribution < 1.29 is 14.3 Å². The molecule has 32 heavy (non-hydrogen) atoms. The van der Waals surface area contributed by atoms with E-state index in [2.05, 4.69) is 9.88 Å². The number of nitrogens with zero attached hydrogens (tertiary/aromatic N) is 2. The van der Waals surface area contributed by atoms with Crippen LogP contribution in [0.5, 0.6) is 11.5 Å². The summed E-state index contributed by atoms with van der Waals surface area (Å²) in [4.78, 5) is 17.6. The van der Waals surface area contributed by atoms with Crippen molar-refractivity contribution in [1.82, 2.24) is 14.9 Å². The number of carbonyl (C=O) groups excluding carboxylic acids is 1. The zero-order valence-electron chi connectivity index (χ0n) is 17.9. The zero-order chi connectivity index (χ0) is 22.5. The van der Waals surface area contributed by atoms with Crippen molar-refractivity contribution in [2.24, 2.45) is 0 Å². The second-order valence-electron chi connectivity index (χ2n) is 7.34. The van der Waals surface area contributed by atoms with Crippen molar-refractivity contribution in [3.63, 3.8) is 0 Å². The molecule has 4 aromatic rings. The van der Waals surface area contributed by atoms with Crippen molar-refractivity contribution >= 4 is 28.5 Å². The number of ether oxygens (including phenoxy) is 2. The number of fused-ring (bicyclic) bond motifs is 1. The lowest BCUT2D eigenvalue weighted by molar-refractivity contribution is 0.0937. The third-order valence-corrected chi connectivity index (χ3v) is 5.40. The number of imidazole rings is 1. The Morgan fingerprint density at radius 1 is 1.06 bits per heavy atom. The molecule has 6 nitrogen and oxygen atoms in total. The van der Waals surface area contributed by atoms with E-state index >= 15 is 0 Å². The van der Waals surface area contributed by atoms with Crippen LogP contribution in [-0.2, 0) is 6.54 Å². The van der Waals surface area contributed by atoms with E-state index in [-0.39, 0.29) is 11.9 Å². The molecule has 1 aromatic heterocycles. The summed E-state index contributed by atoms with van der Waals surface area (Å²) >= 11 is 5.94. The van der Waals surface area contributed by atoms with E-state index in [0.717, 1.165) is 22.6 Å². The van der Waals surface area contributed by atoms with E-state index in [0.29, 0.717) is 29.5 Å². The Kier molecular flexibility index (Phi) is 6.61. The minimum absolute atomic E-state index is 0.188. The fourth-order valence-electron chi connectivity index (χ4n) is 3.55. The first-order chi connectivity index (χ1) is 15.5. The van der Waals surface area contributed by atoms with Crippen molar-refractivity contribution in [3.05, 3.63) is 89.2 Å². The second-order valence-corrected chi connectivity index (χ2v) is 7.78. The van der Waals surface area contributed by atoms with Crippen LogP contribution in [0, 0.1) is 0 Å². The van der Waals surface area contributed by atoms with Crippen molar-refractivity contribution in [3.8, 4) is 11.5 Å². The van der Waals surface area contributed by atoms with Crippen LogP contribution in [0.3, 0.4) is 0 Å². The van der Waals surface area contributed by atoms with Gasteiger partial charge in [0.25, 0.3) is 5.91 Å². The van der Waals surface area contributed by atoms with Gasteiger partial charge in [-0.05, 0) is 61.5 Å². The Morgan fingerprint density at radius 2 is 1.84 bits per heavy atom. The number of aromatic nitrogens is 2. The van der Waals surface area contributed by atoms with Gasteiger partial charge in [0.05, 0.1) is 30.7 Å². The Labute approximate surface area is 191 Å². The normalized spacial score (nSPS) is 11.8. The summed E-state index contributed by atoms with van der Waals surface area (Å²) in [7, 11) is 1.58. The number of carbonyl (C=O) groups is 1. The molecule has 1 amide bonds. The molecule has 4 rings (SSSR count). The number of benzene rings is 3. The number of halogens is 1. The molecule has 1 unspecified atom stereocenters. The van der Waals surface area contributed by atoms with Gasteiger partial charge >= 0.3 is 0 Å². The van der Waals surface area contributed by atoms with Crippen LogP contribution in [0.2, 0.25) is 5.02 Å². The van der Waals surface area contributed by atoms with E-state index < -0.39 is 0 Å². The Morgan fingerprint density at radius 3 is 2.62 bits per heavy atom. The summed E-state index contributed by atoms with van der Waals surface area (Å²) < 4.78 is 13.2. The first-order valence-electron chi connectivity index (χ1n) is 10.3. The quantitative estimate of drug-likeness (QED) is 0.398. The lowest BCUT2D eigenvalue weighted by atomic mass is 10.2. The number of nitrogens with one attached hydrogen (secondary N) is 1. The highest BCUT2D eigenvalue weighted by molar-refractivity contribution is 6.30. The molecule has 0 aliphatic carbocycles. The molecule has 1 N–H and O–H groups in total. The number of hydrogen-bond acceptors (Lipinski definition) is 4. The second kappa shape index (κ2) is 9.75. The lowest BCUT2D eigenvalue weighted by Gasteiger charge is -2.17. The molecule has 3 aromatic carbocycles. The van der Waals surface area contributed by atoms with Gasteiger partial charge in [0, 0.05) is 10.6 Å². The van der Waals surface area contributed by atoms with Crippen LogP contribution in [0.4, 0.5) is 0 Å². The van der Waals surface area contributed by atoms with Crippen molar-refractivity contribution in [2.45, 2.75) is 19.5 Å². The third-order valence-electron chi connectivity index (χ3n) is 5.15. The van der Waals surface area contributed by atoms with Crippen LogP contribution in [-0.4, -0.2) is 29.2 Å². The summed E-state index contributed by atoms with van der Waals surface area (Å²) in [5.74, 6) is 1.96. The number of methoxy groups -OCH3 is 1. The van der Waals surface area contributed by atoms with E-state index in [9.17, 15) is 4.79 Å². The Hall–Kier alpha value is -3.51. The minimum atomic E-state index is -0.309. The average molecular weight is 450 g/mol. The summed E-state index contributed by atoms with van der Waals surface area (Å²) in [5.41, 5.74) is 2.39. The summed E-state index contributed by atoms with van der Waals surface area (Å²) in [6.07, 6.45) is 0. The Bertz CT molecular complexity index is 1220. The van der Waals surface area contributed by atoms with Gasteiger partial charge in [-0.15, -0.1) is 0 Å². The van der Waals surface area contributed by atoms with E-state index in [4.69, 9.17) is 26.1 Å². The molecule has 1 heterocycles. The summed E-state index contributed by atoms with van der Waals surface area (Å²) in [5, 5.41) is 3.71. The molecule has 164 valence electrons. The predicted molar refractivity (Wildman–Crippen MR) is 126 cm³/mol. The molecule has 0 saturated heterocycles. The molecule has 7 heteroatoms. The van der Waals surface area contributed by atoms with Crippen molar-refractivity contribution in [2.75, 3.05) is 13.7 Å². The van der Waals surface area contributed by atoms with Gasteiger partial charge in [-0.3, -0.25) is 4.79 Å². The maximum atomic E-state index is 12.8. The minimum Gasteiger partial charge on any atom is -0.497 e. The van der Waals surface area contributed by atoms with Gasteiger partial charge < -0.3 is 19.4 Å². The van der Waals surface area contributed by atoms with Gasteiger partial charge in [-0.1, -0.05) is 29.8 Å². The number of hydrogen-bond donors (Lipinski definition) is 1. The highest BCUT2D eigenvalue weighted by atomic mass is 35.5. The van der Waals surface area contributed by atoms with Gasteiger partial charge in [-0.2, -0.15) is 0 Å². The largest absolute Gasteiger partial charge is 0.497 e. The molecular formula is C25H24ClN3O3. The van der Waals surface area contributed by atoms with Crippen LogP contribution < -0.4 is 14.8 Å². The smallest absolute Gasteiger partial charge is 0.251 e. The fourth-order valence-corrected chi connectivity index (χ4v) is 3.68. The zero-order valence-corrected chi connectivity index (χ0v) is 18.7. The first kappa shape index (κ1) is 21.7. The average Bonchev–Trinajstić information content (AvgIpc) is 3.19. The predicted octanol–water partition coefficient (Wildman–Crippen LogP) is 5.27. The van der Waals surface area contributed by atoms with Gasteiger partial charge in [0.2, 0.25) is 0 Å².